The highest BCUT2D eigenvalue weighted by Gasteiger charge is 2.19. The van der Waals surface area contributed by atoms with Gasteiger partial charge in [-0.3, -0.25) is 4.72 Å². The summed E-state index contributed by atoms with van der Waals surface area (Å²) in [6.45, 7) is 0. The molecule has 1 heterocycles. The van der Waals surface area contributed by atoms with E-state index in [0.29, 0.717) is 17.2 Å². The number of hydrogen-bond donors (Lipinski definition) is 1. The van der Waals surface area contributed by atoms with Gasteiger partial charge in [0.05, 0.1) is 26.1 Å². The summed E-state index contributed by atoms with van der Waals surface area (Å²) in [7, 11) is 0.688. The van der Waals surface area contributed by atoms with Crippen molar-refractivity contribution >= 4 is 15.7 Å². The van der Waals surface area contributed by atoms with Crippen molar-refractivity contribution in [3.8, 4) is 11.5 Å². The molecule has 0 radical (unpaired) electrons. The summed E-state index contributed by atoms with van der Waals surface area (Å²) in [6, 6.07) is 4.73. The van der Waals surface area contributed by atoms with Gasteiger partial charge in [0.15, 0.2) is 5.03 Å². The first-order chi connectivity index (χ1) is 9.46. The standard InChI is InChI=1S/C11H14N4O4S/c1-15-11(7-12-14-15)20(16,17)13-8-4-9(18-2)6-10(5-8)19-3/h4-7,13H,1-3H3. The number of methoxy groups -OCH3 is 2. The Hall–Kier alpha value is -2.29. The van der Waals surface area contributed by atoms with Crippen molar-refractivity contribution < 1.29 is 17.9 Å². The van der Waals surface area contributed by atoms with Crippen LogP contribution >= 0.6 is 0 Å². The molecule has 0 saturated heterocycles. The van der Waals surface area contributed by atoms with Crippen molar-refractivity contribution in [2.24, 2.45) is 7.05 Å². The van der Waals surface area contributed by atoms with Crippen LogP contribution in [0.15, 0.2) is 29.4 Å². The quantitative estimate of drug-likeness (QED) is 0.870. The molecule has 1 aromatic heterocycles. The third kappa shape index (κ3) is 2.82. The Morgan fingerprint density at radius 1 is 1.15 bits per heavy atom. The number of aromatic nitrogens is 3. The van der Waals surface area contributed by atoms with Crippen LogP contribution in [0.2, 0.25) is 0 Å². The topological polar surface area (TPSA) is 95.3 Å². The lowest BCUT2D eigenvalue weighted by Crippen LogP contribution is -2.16. The van der Waals surface area contributed by atoms with Gasteiger partial charge in [-0.1, -0.05) is 5.21 Å². The van der Waals surface area contributed by atoms with E-state index in [1.807, 2.05) is 0 Å². The van der Waals surface area contributed by atoms with Crippen molar-refractivity contribution in [3.63, 3.8) is 0 Å². The molecule has 9 heteroatoms. The molecule has 20 heavy (non-hydrogen) atoms. The normalized spacial score (nSPS) is 11.2. The van der Waals surface area contributed by atoms with Gasteiger partial charge in [0.2, 0.25) is 0 Å². The van der Waals surface area contributed by atoms with E-state index < -0.39 is 10.0 Å². The minimum Gasteiger partial charge on any atom is -0.497 e. The zero-order valence-corrected chi connectivity index (χ0v) is 12.0. The highest BCUT2D eigenvalue weighted by Crippen LogP contribution is 2.27. The molecular formula is C11H14N4O4S. The monoisotopic (exact) mass is 298 g/mol. The maximum Gasteiger partial charge on any atom is 0.280 e. The van der Waals surface area contributed by atoms with Crippen molar-refractivity contribution in [2.45, 2.75) is 5.03 Å². The Morgan fingerprint density at radius 3 is 2.20 bits per heavy atom. The highest BCUT2D eigenvalue weighted by atomic mass is 32.2. The second-order valence-corrected chi connectivity index (χ2v) is 5.53. The lowest BCUT2D eigenvalue weighted by molar-refractivity contribution is 0.395. The molecule has 8 nitrogen and oxygen atoms in total. The van der Waals surface area contributed by atoms with E-state index in [1.54, 1.807) is 18.2 Å². The molecule has 0 fully saturated rings. The Morgan fingerprint density at radius 2 is 1.75 bits per heavy atom. The largest absolute Gasteiger partial charge is 0.497 e. The number of nitrogens with one attached hydrogen (secondary N) is 1. The number of aryl methyl sites for hydroxylation is 1. The van der Waals surface area contributed by atoms with E-state index in [0.717, 1.165) is 0 Å². The first-order valence-corrected chi connectivity index (χ1v) is 7.05. The van der Waals surface area contributed by atoms with E-state index in [4.69, 9.17) is 9.47 Å². The zero-order chi connectivity index (χ0) is 14.8. The Balaban J connectivity index is 2.37. The number of benzene rings is 1. The van der Waals surface area contributed by atoms with Gasteiger partial charge in [-0.2, -0.15) is 8.42 Å². The summed E-state index contributed by atoms with van der Waals surface area (Å²) >= 11 is 0. The van der Waals surface area contributed by atoms with Crippen LogP contribution in [0, 0.1) is 0 Å². The van der Waals surface area contributed by atoms with Crippen molar-refractivity contribution in [1.82, 2.24) is 15.0 Å². The molecule has 0 aliphatic heterocycles. The summed E-state index contributed by atoms with van der Waals surface area (Å²) in [5, 5.41) is 7.09. The van der Waals surface area contributed by atoms with Gasteiger partial charge < -0.3 is 9.47 Å². The van der Waals surface area contributed by atoms with Crippen LogP contribution in [0.3, 0.4) is 0 Å². The van der Waals surface area contributed by atoms with Crippen LogP contribution in [0.4, 0.5) is 5.69 Å². The number of ether oxygens (including phenoxy) is 2. The fraction of sp³-hybridized carbons (Fsp3) is 0.273. The molecule has 2 rings (SSSR count). The fourth-order valence-corrected chi connectivity index (χ4v) is 2.70. The summed E-state index contributed by atoms with van der Waals surface area (Å²) < 4.78 is 38.1. The van der Waals surface area contributed by atoms with Gasteiger partial charge in [0, 0.05) is 25.2 Å². The second kappa shape index (κ2) is 5.37. The number of anilines is 1. The maximum atomic E-state index is 12.2. The third-order valence-electron chi connectivity index (χ3n) is 2.55. The Labute approximate surface area is 116 Å². The van der Waals surface area contributed by atoms with Crippen molar-refractivity contribution in [2.75, 3.05) is 18.9 Å². The molecule has 0 unspecified atom stereocenters. The van der Waals surface area contributed by atoms with E-state index in [2.05, 4.69) is 15.0 Å². The smallest absolute Gasteiger partial charge is 0.280 e. The average molecular weight is 298 g/mol. The predicted octanol–water partition coefficient (Wildman–Crippen LogP) is 0.633. The van der Waals surface area contributed by atoms with E-state index in [-0.39, 0.29) is 5.03 Å². The van der Waals surface area contributed by atoms with Gasteiger partial charge in [0.25, 0.3) is 10.0 Å². The molecule has 0 bridgehead atoms. The van der Waals surface area contributed by atoms with Crippen LogP contribution in [-0.2, 0) is 17.1 Å². The van der Waals surface area contributed by atoms with Crippen LogP contribution in [0.25, 0.3) is 0 Å². The van der Waals surface area contributed by atoms with Gasteiger partial charge in [-0.05, 0) is 0 Å². The molecule has 0 aliphatic carbocycles. The lowest BCUT2D eigenvalue weighted by Gasteiger charge is -2.10. The van der Waals surface area contributed by atoms with Crippen molar-refractivity contribution in [3.05, 3.63) is 24.4 Å². The molecule has 108 valence electrons. The van der Waals surface area contributed by atoms with Gasteiger partial charge >= 0.3 is 0 Å². The molecular weight excluding hydrogens is 284 g/mol. The van der Waals surface area contributed by atoms with Crippen LogP contribution in [0.5, 0.6) is 11.5 Å². The van der Waals surface area contributed by atoms with Gasteiger partial charge in [-0.25, -0.2) is 4.68 Å². The Bertz CT molecular complexity index is 689. The molecule has 0 atom stereocenters. The zero-order valence-electron chi connectivity index (χ0n) is 11.2. The maximum absolute atomic E-state index is 12.2. The lowest BCUT2D eigenvalue weighted by atomic mass is 10.3. The van der Waals surface area contributed by atoms with Crippen LogP contribution in [0.1, 0.15) is 0 Å². The number of nitrogens with zero attached hydrogens (tertiary/aromatic N) is 3. The third-order valence-corrected chi connectivity index (χ3v) is 3.98. The fourth-order valence-electron chi connectivity index (χ4n) is 1.60. The summed E-state index contributed by atoms with van der Waals surface area (Å²) in [6.07, 6.45) is 1.17. The van der Waals surface area contributed by atoms with Crippen molar-refractivity contribution in [1.29, 1.82) is 0 Å². The molecule has 0 spiro atoms. The molecule has 0 amide bonds. The second-order valence-electron chi connectivity index (χ2n) is 3.90. The summed E-state index contributed by atoms with van der Waals surface area (Å²) in [4.78, 5) is 0. The molecule has 0 saturated carbocycles. The van der Waals surface area contributed by atoms with Crippen LogP contribution in [-0.4, -0.2) is 37.6 Å². The first kappa shape index (κ1) is 14.1. The molecule has 0 aliphatic rings. The predicted molar refractivity (Wildman–Crippen MR) is 71.4 cm³/mol. The summed E-state index contributed by atoms with van der Waals surface area (Å²) in [5.74, 6) is 0.954. The van der Waals surface area contributed by atoms with Crippen LogP contribution < -0.4 is 14.2 Å². The van der Waals surface area contributed by atoms with E-state index >= 15 is 0 Å². The number of hydrogen-bond acceptors (Lipinski definition) is 6. The van der Waals surface area contributed by atoms with Gasteiger partial charge in [-0.15, -0.1) is 5.10 Å². The number of sulfonamides is 1. The van der Waals surface area contributed by atoms with Gasteiger partial charge in [0.1, 0.15) is 11.5 Å². The number of rotatable bonds is 5. The highest BCUT2D eigenvalue weighted by molar-refractivity contribution is 7.92. The first-order valence-electron chi connectivity index (χ1n) is 5.57. The van der Waals surface area contributed by atoms with E-state index in [9.17, 15) is 8.42 Å². The average Bonchev–Trinajstić information content (AvgIpc) is 2.84. The molecule has 1 aromatic carbocycles. The molecule has 2 aromatic rings. The minimum absolute atomic E-state index is 0.0423. The Kier molecular flexibility index (Phi) is 3.79. The SMILES string of the molecule is COc1cc(NS(=O)(=O)c2cnnn2C)cc(OC)c1. The molecule has 1 N–H and O–H groups in total. The summed E-state index contributed by atoms with van der Waals surface area (Å²) in [5.41, 5.74) is 0.322. The van der Waals surface area contributed by atoms with E-state index in [1.165, 1.54) is 32.1 Å². The minimum atomic E-state index is -3.77.